The van der Waals surface area contributed by atoms with Crippen molar-refractivity contribution in [1.82, 2.24) is 15.8 Å². The molecule has 7 nitrogen and oxygen atoms in total. The van der Waals surface area contributed by atoms with Crippen molar-refractivity contribution < 1.29 is 14.1 Å². The summed E-state index contributed by atoms with van der Waals surface area (Å²) in [6, 6.07) is -0.0467. The molecule has 1 saturated carbocycles. The Hall–Kier alpha value is -2.05. The molecule has 24 heavy (non-hydrogen) atoms. The predicted octanol–water partition coefficient (Wildman–Crippen LogP) is 2.52. The molecule has 0 saturated heterocycles. The Labute approximate surface area is 143 Å². The molecule has 1 fully saturated rings. The van der Waals surface area contributed by atoms with Gasteiger partial charge in [-0.15, -0.1) is 0 Å². The number of carbonyl (C=O) groups excluding carboxylic acids is 2. The zero-order valence-electron chi connectivity index (χ0n) is 15.2. The van der Waals surface area contributed by atoms with E-state index in [1.807, 2.05) is 20.8 Å². The van der Waals surface area contributed by atoms with E-state index < -0.39 is 0 Å². The molecular formula is C17H28N4O3. The van der Waals surface area contributed by atoms with E-state index in [9.17, 15) is 9.59 Å². The third-order valence-corrected chi connectivity index (χ3v) is 4.44. The van der Waals surface area contributed by atoms with E-state index in [2.05, 4.69) is 15.8 Å². The first-order chi connectivity index (χ1) is 11.3. The van der Waals surface area contributed by atoms with Crippen LogP contribution < -0.4 is 15.5 Å². The van der Waals surface area contributed by atoms with Gasteiger partial charge in [0.25, 0.3) is 0 Å². The number of aryl methyl sites for hydroxylation is 2. The van der Waals surface area contributed by atoms with E-state index in [4.69, 9.17) is 4.52 Å². The number of carbonyl (C=O) groups is 2. The van der Waals surface area contributed by atoms with E-state index in [1.165, 1.54) is 4.90 Å². The van der Waals surface area contributed by atoms with Gasteiger partial charge in [-0.05, 0) is 47.0 Å². The third kappa shape index (κ3) is 4.27. The highest BCUT2D eigenvalue weighted by Gasteiger charge is 2.29. The van der Waals surface area contributed by atoms with Crippen LogP contribution in [0.2, 0.25) is 0 Å². The molecule has 1 heterocycles. The summed E-state index contributed by atoms with van der Waals surface area (Å²) >= 11 is 0. The van der Waals surface area contributed by atoms with Gasteiger partial charge in [0, 0.05) is 25.0 Å². The molecule has 2 atom stereocenters. The molecule has 0 bridgehead atoms. The summed E-state index contributed by atoms with van der Waals surface area (Å²) in [4.78, 5) is 26.2. The Morgan fingerprint density at radius 1 is 1.29 bits per heavy atom. The average molecular weight is 336 g/mol. The van der Waals surface area contributed by atoms with Crippen LogP contribution in [0.3, 0.4) is 0 Å². The SMILES string of the molecule is Cc1noc(C)c1N(C)C(=O)N[C@@H]1CCC[C@H](C(=O)NC(C)C)C1. The highest BCUT2D eigenvalue weighted by Crippen LogP contribution is 2.26. The first kappa shape index (κ1) is 18.3. The van der Waals surface area contributed by atoms with Crippen molar-refractivity contribution in [3.05, 3.63) is 11.5 Å². The minimum absolute atomic E-state index is 0.0112. The summed E-state index contributed by atoms with van der Waals surface area (Å²) in [7, 11) is 1.70. The van der Waals surface area contributed by atoms with Crippen molar-refractivity contribution in [1.29, 1.82) is 0 Å². The van der Waals surface area contributed by atoms with Gasteiger partial charge in [0.2, 0.25) is 5.91 Å². The van der Waals surface area contributed by atoms with Gasteiger partial charge in [0.1, 0.15) is 11.4 Å². The first-order valence-corrected chi connectivity index (χ1v) is 8.57. The van der Waals surface area contributed by atoms with Crippen LogP contribution in [0.4, 0.5) is 10.5 Å². The van der Waals surface area contributed by atoms with Gasteiger partial charge in [-0.1, -0.05) is 11.6 Å². The van der Waals surface area contributed by atoms with Crippen molar-refractivity contribution in [3.63, 3.8) is 0 Å². The standard InChI is InChI=1S/C17H28N4O3/c1-10(2)18-16(22)13-7-6-8-14(9-13)19-17(23)21(5)15-11(3)20-24-12(15)4/h10,13-14H,6-9H2,1-5H3,(H,18,22)(H,19,23)/t13-,14+/m0/s1. The monoisotopic (exact) mass is 336 g/mol. The van der Waals surface area contributed by atoms with Crippen molar-refractivity contribution in [2.24, 2.45) is 5.92 Å². The normalized spacial score (nSPS) is 20.8. The second-order valence-electron chi connectivity index (χ2n) is 6.91. The van der Waals surface area contributed by atoms with E-state index in [0.717, 1.165) is 19.3 Å². The average Bonchev–Trinajstić information content (AvgIpc) is 2.85. The van der Waals surface area contributed by atoms with Crippen molar-refractivity contribution >= 4 is 17.6 Å². The van der Waals surface area contributed by atoms with Gasteiger partial charge in [0.05, 0.1) is 0 Å². The molecule has 2 N–H and O–H groups in total. The lowest BCUT2D eigenvalue weighted by Crippen LogP contribution is -2.47. The quantitative estimate of drug-likeness (QED) is 0.884. The van der Waals surface area contributed by atoms with Gasteiger partial charge >= 0.3 is 6.03 Å². The lowest BCUT2D eigenvalue weighted by Gasteiger charge is -2.30. The lowest BCUT2D eigenvalue weighted by atomic mass is 9.85. The third-order valence-electron chi connectivity index (χ3n) is 4.44. The number of rotatable bonds is 4. The zero-order valence-corrected chi connectivity index (χ0v) is 15.2. The molecule has 1 aliphatic carbocycles. The van der Waals surface area contributed by atoms with Crippen LogP contribution >= 0.6 is 0 Å². The second kappa shape index (κ2) is 7.68. The number of anilines is 1. The molecule has 1 aromatic rings. The lowest BCUT2D eigenvalue weighted by molar-refractivity contribution is -0.126. The predicted molar refractivity (Wildman–Crippen MR) is 91.9 cm³/mol. The summed E-state index contributed by atoms with van der Waals surface area (Å²) in [6.07, 6.45) is 3.40. The maximum absolute atomic E-state index is 12.5. The van der Waals surface area contributed by atoms with E-state index in [1.54, 1.807) is 14.0 Å². The molecule has 1 aliphatic rings. The molecule has 0 aliphatic heterocycles. The number of hydrogen-bond acceptors (Lipinski definition) is 4. The maximum atomic E-state index is 12.5. The van der Waals surface area contributed by atoms with Gasteiger partial charge < -0.3 is 15.2 Å². The Balaban J connectivity index is 1.95. The minimum Gasteiger partial charge on any atom is -0.359 e. The maximum Gasteiger partial charge on any atom is 0.321 e. The summed E-state index contributed by atoms with van der Waals surface area (Å²) in [5, 5.41) is 9.88. The van der Waals surface area contributed by atoms with Crippen LogP contribution in [-0.2, 0) is 4.79 Å². The molecule has 1 aromatic heterocycles. The largest absolute Gasteiger partial charge is 0.359 e. The highest BCUT2D eigenvalue weighted by atomic mass is 16.5. The number of aromatic nitrogens is 1. The molecule has 134 valence electrons. The van der Waals surface area contributed by atoms with Crippen LogP contribution in [0.1, 0.15) is 51.0 Å². The minimum atomic E-state index is -0.195. The Morgan fingerprint density at radius 3 is 2.58 bits per heavy atom. The number of hydrogen-bond donors (Lipinski definition) is 2. The molecule has 0 aromatic carbocycles. The van der Waals surface area contributed by atoms with Gasteiger partial charge in [0.15, 0.2) is 5.76 Å². The van der Waals surface area contributed by atoms with Crippen LogP contribution in [0.5, 0.6) is 0 Å². The Morgan fingerprint density at radius 2 is 2.00 bits per heavy atom. The fraction of sp³-hybridized carbons (Fsp3) is 0.706. The zero-order chi connectivity index (χ0) is 17.9. The Kier molecular flexibility index (Phi) is 5.85. The number of nitrogens with zero attached hydrogens (tertiary/aromatic N) is 2. The summed E-state index contributed by atoms with van der Waals surface area (Å²) in [5.41, 5.74) is 1.38. The van der Waals surface area contributed by atoms with Crippen LogP contribution in [0.25, 0.3) is 0 Å². The summed E-state index contributed by atoms with van der Waals surface area (Å²) < 4.78 is 5.12. The van der Waals surface area contributed by atoms with Crippen LogP contribution in [0.15, 0.2) is 4.52 Å². The first-order valence-electron chi connectivity index (χ1n) is 8.57. The second-order valence-corrected chi connectivity index (χ2v) is 6.91. The van der Waals surface area contributed by atoms with Gasteiger partial charge in [-0.3, -0.25) is 9.69 Å². The van der Waals surface area contributed by atoms with E-state index in [-0.39, 0.29) is 29.9 Å². The molecule has 0 spiro atoms. The topological polar surface area (TPSA) is 87.5 Å². The summed E-state index contributed by atoms with van der Waals surface area (Å²) in [6.45, 7) is 7.51. The highest BCUT2D eigenvalue weighted by molar-refractivity contribution is 5.92. The van der Waals surface area contributed by atoms with Crippen LogP contribution in [-0.4, -0.2) is 36.2 Å². The van der Waals surface area contributed by atoms with Gasteiger partial charge in [-0.25, -0.2) is 4.79 Å². The fourth-order valence-corrected chi connectivity index (χ4v) is 3.29. The van der Waals surface area contributed by atoms with Crippen molar-refractivity contribution in [2.75, 3.05) is 11.9 Å². The molecule has 3 amide bonds. The number of urea groups is 1. The molecule has 0 radical (unpaired) electrons. The fourth-order valence-electron chi connectivity index (χ4n) is 3.29. The Bertz CT molecular complexity index is 577. The van der Waals surface area contributed by atoms with Crippen molar-refractivity contribution in [3.8, 4) is 0 Å². The van der Waals surface area contributed by atoms with Crippen molar-refractivity contribution in [2.45, 2.75) is 65.5 Å². The van der Waals surface area contributed by atoms with E-state index >= 15 is 0 Å². The number of nitrogens with one attached hydrogen (secondary N) is 2. The van der Waals surface area contributed by atoms with Gasteiger partial charge in [-0.2, -0.15) is 0 Å². The van der Waals surface area contributed by atoms with Crippen LogP contribution in [0, 0.1) is 19.8 Å². The number of amides is 3. The molecule has 7 heteroatoms. The smallest absolute Gasteiger partial charge is 0.321 e. The molecule has 2 rings (SSSR count). The summed E-state index contributed by atoms with van der Waals surface area (Å²) in [5.74, 6) is 0.668. The van der Waals surface area contributed by atoms with E-state index in [0.29, 0.717) is 23.6 Å². The molecular weight excluding hydrogens is 308 g/mol. The molecule has 0 unspecified atom stereocenters.